The van der Waals surface area contributed by atoms with Crippen molar-refractivity contribution in [3.63, 3.8) is 0 Å². The van der Waals surface area contributed by atoms with Crippen molar-refractivity contribution in [2.75, 3.05) is 0 Å². The minimum atomic E-state index is -0.326. The summed E-state index contributed by atoms with van der Waals surface area (Å²) in [5.74, 6) is 0.308. The first kappa shape index (κ1) is 11.9. The summed E-state index contributed by atoms with van der Waals surface area (Å²) in [7, 11) is 0. The molecule has 1 spiro atoms. The number of phenols is 1. The molecular weight excluding hydrogens is 252 g/mol. The van der Waals surface area contributed by atoms with Gasteiger partial charge in [0.2, 0.25) is 0 Å². The predicted octanol–water partition coefficient (Wildman–Crippen LogP) is 2.49. The van der Waals surface area contributed by atoms with E-state index in [1.54, 1.807) is 12.4 Å². The molecule has 1 N–H and O–H groups in total. The van der Waals surface area contributed by atoms with Crippen molar-refractivity contribution in [3.05, 3.63) is 53.1 Å². The van der Waals surface area contributed by atoms with E-state index >= 15 is 0 Å². The highest BCUT2D eigenvalue weighted by Gasteiger charge is 2.41. The van der Waals surface area contributed by atoms with Crippen LogP contribution in [0.4, 0.5) is 0 Å². The Morgan fingerprint density at radius 3 is 3.15 bits per heavy atom. The summed E-state index contributed by atoms with van der Waals surface area (Å²) in [6.45, 7) is 0.547. The third-order valence-corrected chi connectivity index (χ3v) is 4.45. The SMILES string of the molecule is Oc1ccc2c(c1)C1(CCC2)Cc2ncncc2CO1. The molecular formula is C16H16N2O2. The number of hydrogen-bond donors (Lipinski definition) is 1. The molecule has 4 rings (SSSR count). The molecule has 4 heteroatoms. The number of hydrogen-bond acceptors (Lipinski definition) is 4. The minimum absolute atomic E-state index is 0.308. The third kappa shape index (κ3) is 1.72. The standard InChI is InChI=1S/C16H16N2O2/c19-13-4-3-11-2-1-5-16(14(11)6-13)7-15-12(9-20-16)8-17-10-18-15/h3-4,6,8,10,19H,1-2,5,7,9H2. The van der Waals surface area contributed by atoms with E-state index in [-0.39, 0.29) is 5.60 Å². The molecule has 4 nitrogen and oxygen atoms in total. The van der Waals surface area contributed by atoms with Crippen LogP contribution in [0.25, 0.3) is 0 Å². The molecule has 1 aromatic heterocycles. The largest absolute Gasteiger partial charge is 0.508 e. The summed E-state index contributed by atoms with van der Waals surface area (Å²) in [4.78, 5) is 8.47. The lowest BCUT2D eigenvalue weighted by atomic mass is 9.75. The van der Waals surface area contributed by atoms with Crippen LogP contribution in [0.3, 0.4) is 0 Å². The van der Waals surface area contributed by atoms with E-state index in [1.165, 1.54) is 5.56 Å². The normalized spacial score (nSPS) is 24.2. The molecule has 1 aliphatic carbocycles. The van der Waals surface area contributed by atoms with E-state index in [1.807, 2.05) is 18.3 Å². The van der Waals surface area contributed by atoms with Gasteiger partial charge in [-0.2, -0.15) is 0 Å². The molecule has 2 aromatic rings. The number of fused-ring (bicyclic) bond motifs is 3. The highest BCUT2D eigenvalue weighted by molar-refractivity contribution is 5.42. The van der Waals surface area contributed by atoms with Crippen molar-refractivity contribution < 1.29 is 9.84 Å². The summed E-state index contributed by atoms with van der Waals surface area (Å²) in [6.07, 6.45) is 7.34. The zero-order valence-corrected chi connectivity index (χ0v) is 11.2. The predicted molar refractivity (Wildman–Crippen MR) is 73.2 cm³/mol. The van der Waals surface area contributed by atoms with Crippen molar-refractivity contribution in [2.24, 2.45) is 0 Å². The molecule has 0 amide bonds. The summed E-state index contributed by atoms with van der Waals surface area (Å²) >= 11 is 0. The Morgan fingerprint density at radius 2 is 2.20 bits per heavy atom. The third-order valence-electron chi connectivity index (χ3n) is 4.45. The van der Waals surface area contributed by atoms with Gasteiger partial charge in [-0.25, -0.2) is 9.97 Å². The van der Waals surface area contributed by atoms with Gasteiger partial charge in [0.15, 0.2) is 0 Å². The first-order valence-electron chi connectivity index (χ1n) is 7.01. The van der Waals surface area contributed by atoms with Crippen molar-refractivity contribution in [1.82, 2.24) is 9.97 Å². The highest BCUT2D eigenvalue weighted by atomic mass is 16.5. The lowest BCUT2D eigenvalue weighted by Crippen LogP contribution is -2.39. The molecule has 0 saturated heterocycles. The minimum Gasteiger partial charge on any atom is -0.508 e. The first-order valence-corrected chi connectivity index (χ1v) is 7.01. The van der Waals surface area contributed by atoms with Gasteiger partial charge in [-0.15, -0.1) is 0 Å². The van der Waals surface area contributed by atoms with Crippen molar-refractivity contribution in [3.8, 4) is 5.75 Å². The van der Waals surface area contributed by atoms with Gasteiger partial charge >= 0.3 is 0 Å². The lowest BCUT2D eigenvalue weighted by molar-refractivity contribution is -0.0857. The van der Waals surface area contributed by atoms with Gasteiger partial charge in [0.1, 0.15) is 12.1 Å². The smallest absolute Gasteiger partial charge is 0.115 e. The average molecular weight is 268 g/mol. The van der Waals surface area contributed by atoms with Gasteiger partial charge in [0.05, 0.1) is 17.9 Å². The average Bonchev–Trinajstić information content (AvgIpc) is 2.48. The number of benzene rings is 1. The van der Waals surface area contributed by atoms with Crippen LogP contribution in [-0.4, -0.2) is 15.1 Å². The molecule has 0 radical (unpaired) electrons. The van der Waals surface area contributed by atoms with Crippen LogP contribution in [0.15, 0.2) is 30.7 Å². The summed E-state index contributed by atoms with van der Waals surface area (Å²) < 4.78 is 6.22. The monoisotopic (exact) mass is 268 g/mol. The van der Waals surface area contributed by atoms with Crippen LogP contribution in [-0.2, 0) is 29.8 Å². The van der Waals surface area contributed by atoms with E-state index < -0.39 is 0 Å². The molecule has 1 atom stereocenters. The van der Waals surface area contributed by atoms with Crippen LogP contribution < -0.4 is 0 Å². The van der Waals surface area contributed by atoms with Crippen molar-refractivity contribution in [1.29, 1.82) is 0 Å². The molecule has 2 heterocycles. The quantitative estimate of drug-likeness (QED) is 0.797. The fourth-order valence-corrected chi connectivity index (χ4v) is 3.44. The van der Waals surface area contributed by atoms with E-state index in [4.69, 9.17) is 4.74 Å². The van der Waals surface area contributed by atoms with E-state index in [9.17, 15) is 5.11 Å². The number of phenolic OH excluding ortho intramolecular Hbond substituents is 1. The number of aryl methyl sites for hydroxylation is 1. The number of ether oxygens (including phenoxy) is 1. The molecule has 102 valence electrons. The molecule has 1 aromatic carbocycles. The van der Waals surface area contributed by atoms with Crippen LogP contribution in [0.1, 0.15) is 35.2 Å². The fraction of sp³-hybridized carbons (Fsp3) is 0.375. The molecule has 0 fully saturated rings. The topological polar surface area (TPSA) is 55.2 Å². The summed E-state index contributed by atoms with van der Waals surface area (Å²) in [5, 5.41) is 9.82. The number of nitrogens with zero attached hydrogens (tertiary/aromatic N) is 2. The Kier molecular flexibility index (Phi) is 2.54. The second kappa shape index (κ2) is 4.28. The second-order valence-electron chi connectivity index (χ2n) is 5.65. The Labute approximate surface area is 117 Å². The highest BCUT2D eigenvalue weighted by Crippen LogP contribution is 2.44. The first-order chi connectivity index (χ1) is 9.77. The Morgan fingerprint density at radius 1 is 1.25 bits per heavy atom. The van der Waals surface area contributed by atoms with Crippen molar-refractivity contribution in [2.45, 2.75) is 37.9 Å². The van der Waals surface area contributed by atoms with Gasteiger partial charge in [-0.05, 0) is 42.5 Å². The maximum absolute atomic E-state index is 9.82. The second-order valence-corrected chi connectivity index (χ2v) is 5.65. The maximum Gasteiger partial charge on any atom is 0.115 e. The van der Waals surface area contributed by atoms with E-state index in [0.717, 1.165) is 42.5 Å². The maximum atomic E-state index is 9.82. The molecule has 1 aliphatic heterocycles. The zero-order valence-electron chi connectivity index (χ0n) is 11.2. The molecule has 1 unspecified atom stereocenters. The van der Waals surface area contributed by atoms with Crippen LogP contribution in [0.5, 0.6) is 5.75 Å². The lowest BCUT2D eigenvalue weighted by Gasteiger charge is -2.42. The van der Waals surface area contributed by atoms with Crippen LogP contribution >= 0.6 is 0 Å². The van der Waals surface area contributed by atoms with Gasteiger partial charge < -0.3 is 9.84 Å². The molecule has 0 bridgehead atoms. The molecule has 2 aliphatic rings. The Balaban J connectivity index is 1.83. The number of rotatable bonds is 0. The van der Waals surface area contributed by atoms with E-state index in [0.29, 0.717) is 12.4 Å². The zero-order chi connectivity index (χ0) is 13.6. The van der Waals surface area contributed by atoms with Crippen LogP contribution in [0.2, 0.25) is 0 Å². The van der Waals surface area contributed by atoms with Crippen molar-refractivity contribution >= 4 is 0 Å². The van der Waals surface area contributed by atoms with Gasteiger partial charge in [-0.3, -0.25) is 0 Å². The Hall–Kier alpha value is -1.94. The van der Waals surface area contributed by atoms with E-state index in [2.05, 4.69) is 9.97 Å². The molecule has 0 saturated carbocycles. The Bertz CT molecular complexity index is 671. The van der Waals surface area contributed by atoms with Gasteiger partial charge in [0, 0.05) is 18.2 Å². The van der Waals surface area contributed by atoms with Gasteiger partial charge in [-0.1, -0.05) is 6.07 Å². The number of aromatic nitrogens is 2. The summed E-state index contributed by atoms with van der Waals surface area (Å²) in [5.41, 5.74) is 4.24. The molecule has 20 heavy (non-hydrogen) atoms. The summed E-state index contributed by atoms with van der Waals surface area (Å²) in [6, 6.07) is 5.64. The van der Waals surface area contributed by atoms with Gasteiger partial charge in [0.25, 0.3) is 0 Å². The fourth-order valence-electron chi connectivity index (χ4n) is 3.44. The number of aromatic hydroxyl groups is 1. The van der Waals surface area contributed by atoms with Crippen LogP contribution in [0, 0.1) is 0 Å².